The average molecular weight is 197 g/mol. The van der Waals surface area contributed by atoms with Gasteiger partial charge in [-0.05, 0) is 17.7 Å². The first-order valence-electron chi connectivity index (χ1n) is 3.71. The lowest BCUT2D eigenvalue weighted by Gasteiger charge is -1.74. The first kappa shape index (κ1) is 9.17. The van der Waals surface area contributed by atoms with E-state index in [9.17, 15) is 8.78 Å². The lowest BCUT2D eigenvalue weighted by molar-refractivity contribution is 0.343. The van der Waals surface area contributed by atoms with Gasteiger partial charge >= 0.3 is 13.7 Å². The van der Waals surface area contributed by atoms with Crippen LogP contribution in [0.2, 0.25) is 0 Å². The molecule has 0 fully saturated rings. The van der Waals surface area contributed by atoms with Gasteiger partial charge in [-0.25, -0.2) is 0 Å². The Morgan fingerprint density at radius 2 is 1.86 bits per heavy atom. The average Bonchev–Trinajstić information content (AvgIpc) is 2.75. The van der Waals surface area contributed by atoms with Gasteiger partial charge < -0.3 is 14.5 Å². The van der Waals surface area contributed by atoms with Gasteiger partial charge in [0.15, 0.2) is 0 Å². The molecular weight excluding hydrogens is 193 g/mol. The SMILES string of the molecule is Fc1oc2c3cc-3cc2c1F.O[B]O. The normalized spacial score (nSPS) is 10.9. The number of furan rings is 1. The maximum atomic E-state index is 12.7. The monoisotopic (exact) mass is 197 g/mol. The molecule has 0 aromatic carbocycles. The highest BCUT2D eigenvalue weighted by molar-refractivity contribution is 6.13. The lowest BCUT2D eigenvalue weighted by atomic mass is 10.4. The molecule has 0 aliphatic heterocycles. The molecule has 0 spiro atoms. The second kappa shape index (κ2) is 3.07. The summed E-state index contributed by atoms with van der Waals surface area (Å²) >= 11 is 0. The quantitative estimate of drug-likeness (QED) is 0.532. The van der Waals surface area contributed by atoms with Crippen LogP contribution in [-0.4, -0.2) is 17.7 Å². The van der Waals surface area contributed by atoms with Crippen LogP contribution in [0.15, 0.2) is 16.5 Å². The van der Waals surface area contributed by atoms with Gasteiger partial charge in [-0.2, -0.15) is 8.78 Å². The molecule has 2 N–H and O–H groups in total. The Morgan fingerprint density at radius 1 is 1.21 bits per heavy atom. The molecule has 0 atom stereocenters. The highest BCUT2D eigenvalue weighted by atomic mass is 19.2. The number of rotatable bonds is 0. The van der Waals surface area contributed by atoms with Gasteiger partial charge in [-0.1, -0.05) is 0 Å². The number of hydrogen-bond acceptors (Lipinski definition) is 3. The largest absolute Gasteiger partial charge is 0.482 e. The summed E-state index contributed by atoms with van der Waals surface area (Å²) in [6, 6.07) is 2.30. The van der Waals surface area contributed by atoms with Crippen LogP contribution in [0.4, 0.5) is 8.78 Å². The zero-order valence-electron chi connectivity index (χ0n) is 6.79. The smallest absolute Gasteiger partial charge is 0.429 e. The summed E-state index contributed by atoms with van der Waals surface area (Å²) in [6.45, 7) is 0. The molecule has 1 radical (unpaired) electrons. The van der Waals surface area contributed by atoms with Crippen molar-refractivity contribution < 1.29 is 23.2 Å². The third-order valence-electron chi connectivity index (χ3n) is 1.92. The van der Waals surface area contributed by atoms with E-state index in [1.165, 1.54) is 0 Å². The molecule has 3 rings (SSSR count). The van der Waals surface area contributed by atoms with E-state index >= 15 is 0 Å². The lowest BCUT2D eigenvalue weighted by Crippen LogP contribution is -1.75. The molecular formula is C8H4BF2O3. The van der Waals surface area contributed by atoms with Gasteiger partial charge in [0.2, 0.25) is 5.82 Å². The van der Waals surface area contributed by atoms with Gasteiger partial charge in [-0.3, -0.25) is 0 Å². The summed E-state index contributed by atoms with van der Waals surface area (Å²) in [5.74, 6) is -0.874. The van der Waals surface area contributed by atoms with E-state index in [2.05, 4.69) is 4.42 Å². The summed E-state index contributed by atoms with van der Waals surface area (Å²) in [5.41, 5.74) is 2.13. The first-order chi connectivity index (χ1) is 6.69. The van der Waals surface area contributed by atoms with E-state index in [0.717, 1.165) is 11.1 Å². The predicted octanol–water partition coefficient (Wildman–Crippen LogP) is 1.20. The fourth-order valence-electron chi connectivity index (χ4n) is 1.31. The summed E-state index contributed by atoms with van der Waals surface area (Å²) < 4.78 is 29.7. The number of benzene rings is 1. The highest BCUT2D eigenvalue weighted by Gasteiger charge is 2.26. The summed E-state index contributed by atoms with van der Waals surface area (Å²) in [6.07, 6.45) is 0. The zero-order valence-corrected chi connectivity index (χ0v) is 6.79. The van der Waals surface area contributed by atoms with Gasteiger partial charge in [0.1, 0.15) is 5.58 Å². The second-order valence-corrected chi connectivity index (χ2v) is 2.71. The van der Waals surface area contributed by atoms with Crippen molar-refractivity contribution in [2.45, 2.75) is 0 Å². The van der Waals surface area contributed by atoms with Crippen molar-refractivity contribution in [3.8, 4) is 11.1 Å². The van der Waals surface area contributed by atoms with E-state index in [4.69, 9.17) is 10.0 Å². The number of hydrogen-bond donors (Lipinski definition) is 2. The Bertz CT molecular complexity index is 495. The Hall–Kier alpha value is -1.40. The highest BCUT2D eigenvalue weighted by Crippen LogP contribution is 2.45. The standard InChI is InChI=1S/C8H2F2O.BH2O2/c9-6-5-2-3-1-4(3)7(5)11-8(6)10;2-1-3/h1-2H;2-3H. The molecule has 6 heteroatoms. The molecule has 0 saturated heterocycles. The molecule has 0 bridgehead atoms. The van der Waals surface area contributed by atoms with E-state index in [0.29, 0.717) is 5.58 Å². The van der Waals surface area contributed by atoms with Gasteiger partial charge in [0, 0.05) is 5.56 Å². The number of fused-ring (bicyclic) bond motifs is 3. The minimum atomic E-state index is -1.11. The van der Waals surface area contributed by atoms with Crippen molar-refractivity contribution in [3.63, 3.8) is 0 Å². The molecule has 3 nitrogen and oxygen atoms in total. The van der Waals surface area contributed by atoms with Crippen molar-refractivity contribution in [2.75, 3.05) is 0 Å². The Kier molecular flexibility index (Phi) is 2.01. The van der Waals surface area contributed by atoms with Crippen LogP contribution in [0.25, 0.3) is 22.1 Å². The molecule has 14 heavy (non-hydrogen) atoms. The van der Waals surface area contributed by atoms with Crippen LogP contribution in [0.5, 0.6) is 0 Å². The molecule has 71 valence electrons. The van der Waals surface area contributed by atoms with Crippen molar-refractivity contribution in [3.05, 3.63) is 24.0 Å². The van der Waals surface area contributed by atoms with Crippen LogP contribution in [-0.2, 0) is 0 Å². The second-order valence-electron chi connectivity index (χ2n) is 2.71. The maximum Gasteiger partial charge on any atom is 0.482 e. The van der Waals surface area contributed by atoms with E-state index in [-0.39, 0.29) is 13.1 Å². The molecule has 1 heterocycles. The molecule has 2 aliphatic rings. The zero-order chi connectivity index (χ0) is 10.3. The Labute approximate surface area is 77.9 Å². The van der Waals surface area contributed by atoms with Gasteiger partial charge in [-0.15, -0.1) is 0 Å². The van der Waals surface area contributed by atoms with Crippen molar-refractivity contribution >= 4 is 18.7 Å². The third-order valence-corrected chi connectivity index (χ3v) is 1.92. The fourth-order valence-corrected chi connectivity index (χ4v) is 1.31. The van der Waals surface area contributed by atoms with Gasteiger partial charge in [0.05, 0.1) is 5.39 Å². The van der Waals surface area contributed by atoms with Crippen molar-refractivity contribution in [1.29, 1.82) is 0 Å². The number of halogens is 2. The van der Waals surface area contributed by atoms with E-state index in [1.807, 2.05) is 6.07 Å². The van der Waals surface area contributed by atoms with E-state index in [1.54, 1.807) is 6.07 Å². The summed E-state index contributed by atoms with van der Waals surface area (Å²) in [7, 11) is 0. The van der Waals surface area contributed by atoms with Crippen molar-refractivity contribution in [1.82, 2.24) is 0 Å². The Morgan fingerprint density at radius 3 is 2.43 bits per heavy atom. The minimum Gasteiger partial charge on any atom is -0.429 e. The predicted molar refractivity (Wildman–Crippen MR) is 45.3 cm³/mol. The van der Waals surface area contributed by atoms with Crippen LogP contribution in [0.1, 0.15) is 0 Å². The molecule has 0 saturated carbocycles. The molecule has 2 aliphatic carbocycles. The summed E-state index contributed by atoms with van der Waals surface area (Å²) in [4.78, 5) is 0. The van der Waals surface area contributed by atoms with Crippen LogP contribution in [0.3, 0.4) is 0 Å². The molecule has 0 amide bonds. The van der Waals surface area contributed by atoms with E-state index < -0.39 is 11.8 Å². The van der Waals surface area contributed by atoms with Crippen LogP contribution in [0, 0.1) is 11.8 Å². The molecule has 0 unspecified atom stereocenters. The third kappa shape index (κ3) is 1.20. The van der Waals surface area contributed by atoms with Crippen LogP contribution >= 0.6 is 0 Å². The molecule has 1 aromatic rings. The summed E-state index contributed by atoms with van der Waals surface area (Å²) in [5, 5.41) is 14.3. The van der Waals surface area contributed by atoms with Crippen LogP contribution < -0.4 is 0 Å². The minimum absolute atomic E-state index is 0. The van der Waals surface area contributed by atoms with Crippen molar-refractivity contribution in [2.24, 2.45) is 0 Å². The topological polar surface area (TPSA) is 53.6 Å². The first-order valence-corrected chi connectivity index (χ1v) is 3.71. The maximum absolute atomic E-state index is 12.7. The fraction of sp³-hybridized carbons (Fsp3) is 0. The molecule has 1 aromatic heterocycles. The Balaban J connectivity index is 0.000000226. The van der Waals surface area contributed by atoms with Gasteiger partial charge in [0.25, 0.3) is 0 Å².